The molecule has 0 spiro atoms. The van der Waals surface area contributed by atoms with Gasteiger partial charge in [-0.2, -0.15) is 20.4 Å². The van der Waals surface area contributed by atoms with Crippen LogP contribution in [-0.2, 0) is 9.59 Å². The Morgan fingerprint density at radius 3 is 1.09 bits per heavy atom. The van der Waals surface area contributed by atoms with E-state index in [2.05, 4.69) is 44.9 Å². The normalized spacial score (nSPS) is 7.88. The van der Waals surface area contributed by atoms with Gasteiger partial charge in [0, 0.05) is 51.7 Å². The third-order valence-corrected chi connectivity index (χ3v) is 3.03. The van der Waals surface area contributed by atoms with Gasteiger partial charge in [0.25, 0.3) is 0 Å². The summed E-state index contributed by atoms with van der Waals surface area (Å²) in [5.41, 5.74) is 0. The molecular formula is C25H48N6O2. The smallest absolute Gasteiger partial charge is 0.216 e. The molecule has 2 rings (SSSR count). The van der Waals surface area contributed by atoms with Crippen molar-refractivity contribution >= 4 is 11.8 Å². The number of amides is 2. The second kappa shape index (κ2) is 39.6. The Hall–Kier alpha value is -2.90. The zero-order chi connectivity index (χ0) is 26.0. The summed E-state index contributed by atoms with van der Waals surface area (Å²) in [5, 5.41) is 19.6. The molecule has 2 amide bonds. The van der Waals surface area contributed by atoms with Crippen LogP contribution in [0.1, 0.15) is 87.5 Å². The minimum atomic E-state index is 0.0680. The van der Waals surface area contributed by atoms with E-state index in [-0.39, 0.29) is 11.8 Å². The number of nitrogens with one attached hydrogen (secondary N) is 2. The van der Waals surface area contributed by atoms with Gasteiger partial charge < -0.3 is 10.6 Å². The first kappa shape index (κ1) is 37.4. The van der Waals surface area contributed by atoms with Gasteiger partial charge in [0.2, 0.25) is 11.8 Å². The molecule has 0 aliphatic heterocycles. The van der Waals surface area contributed by atoms with E-state index >= 15 is 0 Å². The van der Waals surface area contributed by atoms with Crippen molar-refractivity contribution < 1.29 is 9.59 Å². The van der Waals surface area contributed by atoms with Crippen molar-refractivity contribution in [2.75, 3.05) is 13.1 Å². The lowest BCUT2D eigenvalue weighted by Crippen LogP contribution is -2.20. The molecule has 2 aromatic rings. The molecule has 2 heterocycles. The average molecular weight is 465 g/mol. The first-order valence-electron chi connectivity index (χ1n) is 12.0. The lowest BCUT2D eigenvalue weighted by molar-refractivity contribution is -0.119. The quantitative estimate of drug-likeness (QED) is 0.542. The Morgan fingerprint density at radius 2 is 0.879 bits per heavy atom. The number of hydrogen-bond donors (Lipinski definition) is 2. The molecule has 0 aromatic carbocycles. The van der Waals surface area contributed by atoms with Crippen molar-refractivity contribution in [3.63, 3.8) is 0 Å². The van der Waals surface area contributed by atoms with Gasteiger partial charge in [-0.25, -0.2) is 0 Å². The topological polar surface area (TPSA) is 110 Å². The highest BCUT2D eigenvalue weighted by molar-refractivity contribution is 5.72. The van der Waals surface area contributed by atoms with E-state index in [1.807, 2.05) is 52.0 Å². The summed E-state index contributed by atoms with van der Waals surface area (Å²) in [6, 6.07) is 7.31. The third kappa shape index (κ3) is 52.9. The molecule has 0 atom stereocenters. The van der Waals surface area contributed by atoms with Gasteiger partial charge in [-0.05, 0) is 37.1 Å². The first-order valence-corrected chi connectivity index (χ1v) is 12.0. The molecule has 0 fully saturated rings. The van der Waals surface area contributed by atoms with Crippen molar-refractivity contribution in [2.45, 2.75) is 87.5 Å². The molecule has 8 nitrogen and oxygen atoms in total. The largest absolute Gasteiger partial charge is 0.356 e. The summed E-state index contributed by atoms with van der Waals surface area (Å²) in [7, 11) is 0. The molecule has 0 saturated heterocycles. The predicted octanol–water partition coefficient (Wildman–Crippen LogP) is 5.24. The predicted molar refractivity (Wildman–Crippen MR) is 139 cm³/mol. The first-order chi connectivity index (χ1) is 16.0. The fourth-order valence-corrected chi connectivity index (χ4v) is 1.59. The average Bonchev–Trinajstić information content (AvgIpc) is 2.87. The van der Waals surface area contributed by atoms with Crippen molar-refractivity contribution in [3.05, 3.63) is 49.1 Å². The van der Waals surface area contributed by atoms with E-state index in [1.165, 1.54) is 19.8 Å². The molecule has 0 bridgehead atoms. The number of aromatic nitrogens is 4. The summed E-state index contributed by atoms with van der Waals surface area (Å²) in [5.74, 6) is 0.143. The molecule has 0 radical (unpaired) electrons. The zero-order valence-electron chi connectivity index (χ0n) is 22.2. The van der Waals surface area contributed by atoms with E-state index in [9.17, 15) is 9.59 Å². The van der Waals surface area contributed by atoms with Crippen molar-refractivity contribution in [1.29, 1.82) is 0 Å². The van der Waals surface area contributed by atoms with E-state index in [4.69, 9.17) is 0 Å². The lowest BCUT2D eigenvalue weighted by Gasteiger charge is -1.98. The monoisotopic (exact) mass is 464 g/mol. The van der Waals surface area contributed by atoms with Crippen LogP contribution in [0, 0.1) is 0 Å². The Labute approximate surface area is 202 Å². The maximum Gasteiger partial charge on any atom is 0.216 e. The number of hydrogen-bond acceptors (Lipinski definition) is 6. The number of nitrogens with zero attached hydrogens (tertiary/aromatic N) is 4. The van der Waals surface area contributed by atoms with E-state index in [0.717, 1.165) is 32.4 Å². The minimum absolute atomic E-state index is 0.0680. The van der Waals surface area contributed by atoms with Gasteiger partial charge in [0.15, 0.2) is 0 Å². The highest BCUT2D eigenvalue weighted by atomic mass is 16.1. The highest BCUT2D eigenvalue weighted by Gasteiger charge is 1.88. The van der Waals surface area contributed by atoms with Crippen molar-refractivity contribution in [1.82, 2.24) is 31.0 Å². The molecule has 0 aliphatic rings. The van der Waals surface area contributed by atoms with Gasteiger partial charge in [-0.1, -0.05) is 60.8 Å². The van der Waals surface area contributed by atoms with Crippen LogP contribution in [0.4, 0.5) is 0 Å². The maximum atomic E-state index is 10.3. The fraction of sp³-hybridized carbons (Fsp3) is 0.600. The molecular weight excluding hydrogens is 416 g/mol. The maximum absolute atomic E-state index is 10.3. The van der Waals surface area contributed by atoms with Crippen LogP contribution in [0.5, 0.6) is 0 Å². The standard InChI is InChI=1S/C7H15NO.C6H13NO.2C4H4N2.2C2H6/c1-3-4-5-6-8-7(2)9;1-3-4-5-7-6(2)8;2*1-2-4-6-5-3-1;2*1-2/h3-6H2,1-2H3,(H,8,9);3-5H2,1-2H3,(H,7,8);2*1-4H;2*1-2H3. The Bertz CT molecular complexity index is 487. The van der Waals surface area contributed by atoms with Crippen LogP contribution >= 0.6 is 0 Å². The SMILES string of the molecule is CC.CC.CCCCCNC(C)=O.CCCCNC(C)=O.c1ccnnc1.c1ccnnc1. The van der Waals surface area contributed by atoms with Gasteiger partial charge in [-0.15, -0.1) is 0 Å². The zero-order valence-corrected chi connectivity index (χ0v) is 22.2. The number of rotatable bonds is 7. The highest BCUT2D eigenvalue weighted by Crippen LogP contribution is 1.90. The van der Waals surface area contributed by atoms with Crippen molar-refractivity contribution in [2.24, 2.45) is 0 Å². The van der Waals surface area contributed by atoms with Gasteiger partial charge in [0.1, 0.15) is 0 Å². The van der Waals surface area contributed by atoms with E-state index in [1.54, 1.807) is 31.7 Å². The second-order valence-electron chi connectivity index (χ2n) is 5.85. The molecule has 8 heteroatoms. The molecule has 190 valence electrons. The summed E-state index contributed by atoms with van der Waals surface area (Å²) in [6.07, 6.45) is 12.3. The summed E-state index contributed by atoms with van der Waals surface area (Å²) in [4.78, 5) is 20.5. The Kier molecular flexibility index (Phi) is 44.9. The van der Waals surface area contributed by atoms with Crippen molar-refractivity contribution in [3.8, 4) is 0 Å². The van der Waals surface area contributed by atoms with Crippen LogP contribution < -0.4 is 10.6 Å². The number of carbonyl (C=O) groups excluding carboxylic acids is 2. The lowest BCUT2D eigenvalue weighted by atomic mass is 10.2. The molecule has 2 N–H and O–H groups in total. The Balaban J connectivity index is -0.000000163. The van der Waals surface area contributed by atoms with Gasteiger partial charge in [0.05, 0.1) is 0 Å². The van der Waals surface area contributed by atoms with Crippen LogP contribution in [-0.4, -0.2) is 45.3 Å². The molecule has 33 heavy (non-hydrogen) atoms. The molecule has 2 aromatic heterocycles. The Morgan fingerprint density at radius 1 is 0.576 bits per heavy atom. The second-order valence-corrected chi connectivity index (χ2v) is 5.85. The minimum Gasteiger partial charge on any atom is -0.356 e. The molecule has 0 saturated carbocycles. The fourth-order valence-electron chi connectivity index (χ4n) is 1.59. The third-order valence-electron chi connectivity index (χ3n) is 3.03. The van der Waals surface area contributed by atoms with E-state index < -0.39 is 0 Å². The van der Waals surface area contributed by atoms with Gasteiger partial charge in [-0.3, -0.25) is 9.59 Å². The summed E-state index contributed by atoms with van der Waals surface area (Å²) < 4.78 is 0. The van der Waals surface area contributed by atoms with Crippen LogP contribution in [0.3, 0.4) is 0 Å². The molecule has 0 unspecified atom stereocenters. The number of carbonyl (C=O) groups is 2. The van der Waals surface area contributed by atoms with E-state index in [0.29, 0.717) is 0 Å². The van der Waals surface area contributed by atoms with Crippen LogP contribution in [0.2, 0.25) is 0 Å². The molecule has 0 aliphatic carbocycles. The van der Waals surface area contributed by atoms with Crippen LogP contribution in [0.25, 0.3) is 0 Å². The number of unbranched alkanes of at least 4 members (excludes halogenated alkanes) is 3. The summed E-state index contributed by atoms with van der Waals surface area (Å²) in [6.45, 7) is 17.0. The van der Waals surface area contributed by atoms with Crippen LogP contribution in [0.15, 0.2) is 49.1 Å². The summed E-state index contributed by atoms with van der Waals surface area (Å²) >= 11 is 0. The van der Waals surface area contributed by atoms with Gasteiger partial charge >= 0.3 is 0 Å².